The van der Waals surface area contributed by atoms with E-state index >= 15 is 0 Å². The number of hydrogen-bond donors (Lipinski definition) is 0. The predicted octanol–water partition coefficient (Wildman–Crippen LogP) is 3.30. The molecular weight excluding hydrogens is 308 g/mol. The van der Waals surface area contributed by atoms with Crippen LogP contribution in [-0.4, -0.2) is 40.9 Å². The summed E-state index contributed by atoms with van der Waals surface area (Å²) in [5.74, 6) is 1.24. The van der Waals surface area contributed by atoms with Crippen LogP contribution in [0.15, 0.2) is 18.2 Å². The second-order valence-electron chi connectivity index (χ2n) is 6.23. The van der Waals surface area contributed by atoms with Crippen molar-refractivity contribution in [2.75, 3.05) is 23.7 Å². The molecule has 23 heavy (non-hydrogen) atoms. The number of amides is 2. The third-order valence-corrected chi connectivity index (χ3v) is 5.90. The van der Waals surface area contributed by atoms with Gasteiger partial charge in [-0.05, 0) is 43.0 Å². The molecule has 2 heterocycles. The molecule has 1 aromatic rings. The second kappa shape index (κ2) is 6.95. The molecule has 0 saturated carbocycles. The molecule has 0 radical (unpaired) electrons. The van der Waals surface area contributed by atoms with Crippen molar-refractivity contribution in [3.8, 4) is 0 Å². The molecule has 124 valence electrons. The van der Waals surface area contributed by atoms with Crippen LogP contribution in [0.2, 0.25) is 0 Å². The van der Waals surface area contributed by atoms with Crippen LogP contribution in [0.5, 0.6) is 0 Å². The molecule has 1 aromatic carbocycles. The normalized spacial score (nSPS) is 20.5. The van der Waals surface area contributed by atoms with E-state index in [0.29, 0.717) is 5.37 Å². The Balaban J connectivity index is 1.84. The fraction of sp³-hybridized carbons (Fsp3) is 0.556. The highest BCUT2D eigenvalue weighted by Gasteiger charge is 2.30. The van der Waals surface area contributed by atoms with Crippen molar-refractivity contribution in [1.82, 2.24) is 4.90 Å². The van der Waals surface area contributed by atoms with Gasteiger partial charge < -0.3 is 9.80 Å². The lowest BCUT2D eigenvalue weighted by Gasteiger charge is -2.29. The lowest BCUT2D eigenvalue weighted by molar-refractivity contribution is -0.116. The van der Waals surface area contributed by atoms with E-state index in [-0.39, 0.29) is 11.8 Å². The number of hydrogen-bond acceptors (Lipinski definition) is 3. The van der Waals surface area contributed by atoms with Crippen LogP contribution in [-0.2, 0) is 11.2 Å². The molecular formula is C18H24N2O2S. The number of fused-ring (bicyclic) bond motifs is 1. The van der Waals surface area contributed by atoms with Gasteiger partial charge in [0.2, 0.25) is 5.91 Å². The van der Waals surface area contributed by atoms with E-state index in [4.69, 9.17) is 0 Å². The van der Waals surface area contributed by atoms with Gasteiger partial charge in [0, 0.05) is 37.0 Å². The molecule has 1 atom stereocenters. The van der Waals surface area contributed by atoms with Crippen LogP contribution in [0, 0.1) is 0 Å². The zero-order valence-electron chi connectivity index (χ0n) is 13.9. The molecule has 0 aliphatic carbocycles. The Morgan fingerprint density at radius 1 is 1.30 bits per heavy atom. The van der Waals surface area contributed by atoms with Gasteiger partial charge in [-0.15, -0.1) is 11.8 Å². The predicted molar refractivity (Wildman–Crippen MR) is 95.0 cm³/mol. The first-order chi connectivity index (χ1) is 11.1. The quantitative estimate of drug-likeness (QED) is 0.853. The summed E-state index contributed by atoms with van der Waals surface area (Å²) in [5.41, 5.74) is 2.86. The van der Waals surface area contributed by atoms with Crippen LogP contribution in [0.1, 0.15) is 49.0 Å². The van der Waals surface area contributed by atoms with Gasteiger partial charge in [-0.1, -0.05) is 13.3 Å². The standard InChI is InChI=1S/C18H24N2O2S/c1-3-5-17-20(10-11-23-17)18(22)15-7-8-16-14(12-15)6-4-9-19(16)13(2)21/h7-8,12,17H,3-6,9-11H2,1-2H3. The molecule has 1 fully saturated rings. The Hall–Kier alpha value is -1.49. The highest BCUT2D eigenvalue weighted by Crippen LogP contribution is 2.32. The van der Waals surface area contributed by atoms with E-state index in [1.807, 2.05) is 39.8 Å². The van der Waals surface area contributed by atoms with Crippen LogP contribution in [0.4, 0.5) is 5.69 Å². The molecule has 0 aromatic heterocycles. The maximum absolute atomic E-state index is 12.9. The first kappa shape index (κ1) is 16.4. The van der Waals surface area contributed by atoms with Crippen molar-refractivity contribution in [3.63, 3.8) is 0 Å². The van der Waals surface area contributed by atoms with Crippen molar-refractivity contribution < 1.29 is 9.59 Å². The minimum Gasteiger partial charge on any atom is -0.326 e. The monoisotopic (exact) mass is 332 g/mol. The number of carbonyl (C=O) groups excluding carboxylic acids is 2. The van der Waals surface area contributed by atoms with Gasteiger partial charge in [0.15, 0.2) is 0 Å². The van der Waals surface area contributed by atoms with Crippen LogP contribution in [0.25, 0.3) is 0 Å². The van der Waals surface area contributed by atoms with Crippen LogP contribution >= 0.6 is 11.8 Å². The summed E-state index contributed by atoms with van der Waals surface area (Å²) in [6, 6.07) is 5.83. The molecule has 0 bridgehead atoms. The summed E-state index contributed by atoms with van der Waals surface area (Å²) >= 11 is 1.88. The summed E-state index contributed by atoms with van der Waals surface area (Å²) in [4.78, 5) is 28.5. The Labute approximate surface area is 142 Å². The van der Waals surface area contributed by atoms with Gasteiger partial charge in [0.1, 0.15) is 0 Å². The Kier molecular flexibility index (Phi) is 4.95. The lowest BCUT2D eigenvalue weighted by atomic mass is 9.98. The molecule has 4 nitrogen and oxygen atoms in total. The van der Waals surface area contributed by atoms with Gasteiger partial charge in [0.25, 0.3) is 5.91 Å². The fourth-order valence-electron chi connectivity index (χ4n) is 3.46. The summed E-state index contributed by atoms with van der Waals surface area (Å²) < 4.78 is 0. The number of thioether (sulfide) groups is 1. The van der Waals surface area contributed by atoms with Gasteiger partial charge in [0.05, 0.1) is 5.37 Å². The van der Waals surface area contributed by atoms with Crippen molar-refractivity contribution in [1.29, 1.82) is 0 Å². The second-order valence-corrected chi connectivity index (χ2v) is 7.52. The first-order valence-corrected chi connectivity index (χ1v) is 9.50. The fourth-order valence-corrected chi connectivity index (χ4v) is 4.82. The zero-order valence-corrected chi connectivity index (χ0v) is 14.7. The van der Waals surface area contributed by atoms with Gasteiger partial charge in [-0.25, -0.2) is 0 Å². The molecule has 2 amide bonds. The minimum absolute atomic E-state index is 0.0731. The Morgan fingerprint density at radius 3 is 2.87 bits per heavy atom. The first-order valence-electron chi connectivity index (χ1n) is 8.45. The van der Waals surface area contributed by atoms with E-state index in [1.54, 1.807) is 6.92 Å². The summed E-state index contributed by atoms with van der Waals surface area (Å²) in [6.07, 6.45) is 4.05. The third-order valence-electron chi connectivity index (χ3n) is 4.61. The average molecular weight is 332 g/mol. The van der Waals surface area contributed by atoms with Crippen LogP contribution in [0.3, 0.4) is 0 Å². The molecule has 2 aliphatic rings. The van der Waals surface area contributed by atoms with Crippen molar-refractivity contribution in [2.24, 2.45) is 0 Å². The molecule has 1 saturated heterocycles. The van der Waals surface area contributed by atoms with Crippen molar-refractivity contribution >= 4 is 29.3 Å². The largest absolute Gasteiger partial charge is 0.326 e. The number of benzene rings is 1. The number of rotatable bonds is 3. The van der Waals surface area contributed by atoms with Crippen molar-refractivity contribution in [3.05, 3.63) is 29.3 Å². The van der Waals surface area contributed by atoms with Gasteiger partial charge in [-0.2, -0.15) is 0 Å². The number of anilines is 1. The Bertz CT molecular complexity index is 617. The average Bonchev–Trinajstić information content (AvgIpc) is 3.01. The van der Waals surface area contributed by atoms with Crippen molar-refractivity contribution in [2.45, 2.75) is 44.9 Å². The maximum atomic E-state index is 12.9. The van der Waals surface area contributed by atoms with E-state index < -0.39 is 0 Å². The summed E-state index contributed by atoms with van der Waals surface area (Å²) in [5, 5.41) is 0.317. The number of carbonyl (C=O) groups is 2. The molecule has 1 unspecified atom stereocenters. The van der Waals surface area contributed by atoms with Gasteiger partial charge in [-0.3, -0.25) is 9.59 Å². The number of nitrogens with zero attached hydrogens (tertiary/aromatic N) is 2. The SMILES string of the molecule is CCCC1SCCN1C(=O)c1ccc2c(c1)CCCN2C(C)=O. The molecule has 2 aliphatic heterocycles. The van der Waals surface area contributed by atoms with E-state index in [1.165, 1.54) is 0 Å². The third kappa shape index (κ3) is 3.25. The maximum Gasteiger partial charge on any atom is 0.254 e. The highest BCUT2D eigenvalue weighted by molar-refractivity contribution is 8.00. The van der Waals surface area contributed by atoms with Gasteiger partial charge >= 0.3 is 0 Å². The Morgan fingerprint density at radius 2 is 2.13 bits per heavy atom. The smallest absolute Gasteiger partial charge is 0.254 e. The zero-order chi connectivity index (χ0) is 16.4. The van der Waals surface area contributed by atoms with Crippen LogP contribution < -0.4 is 4.90 Å². The minimum atomic E-state index is 0.0731. The summed E-state index contributed by atoms with van der Waals surface area (Å²) in [6.45, 7) is 5.38. The van der Waals surface area contributed by atoms with E-state index in [0.717, 1.165) is 61.3 Å². The van der Waals surface area contributed by atoms with E-state index in [2.05, 4.69) is 6.92 Å². The topological polar surface area (TPSA) is 40.6 Å². The highest BCUT2D eigenvalue weighted by atomic mass is 32.2. The lowest BCUT2D eigenvalue weighted by Crippen LogP contribution is -2.36. The van der Waals surface area contributed by atoms with E-state index in [9.17, 15) is 9.59 Å². The molecule has 0 N–H and O–H groups in total. The number of aryl methyl sites for hydroxylation is 1. The molecule has 0 spiro atoms. The summed E-state index contributed by atoms with van der Waals surface area (Å²) in [7, 11) is 0. The molecule has 3 rings (SSSR count). The molecule has 5 heteroatoms.